The van der Waals surface area contributed by atoms with E-state index in [1.165, 1.54) is 36.3 Å². The second-order valence-corrected chi connectivity index (χ2v) is 6.79. The molecule has 9 heteroatoms. The highest BCUT2D eigenvalue weighted by Gasteiger charge is 2.45. The van der Waals surface area contributed by atoms with Crippen molar-refractivity contribution in [2.45, 2.75) is 13.0 Å². The number of hydrogen-bond acceptors (Lipinski definition) is 7. The van der Waals surface area contributed by atoms with Crippen LogP contribution in [0.25, 0.3) is 5.76 Å². The molecule has 0 aromatic heterocycles. The molecule has 31 heavy (non-hydrogen) atoms. The van der Waals surface area contributed by atoms with Gasteiger partial charge in [0.25, 0.3) is 17.4 Å². The Morgan fingerprint density at radius 2 is 1.77 bits per heavy atom. The van der Waals surface area contributed by atoms with Crippen LogP contribution in [-0.2, 0) is 14.3 Å². The van der Waals surface area contributed by atoms with Gasteiger partial charge in [-0.15, -0.1) is 0 Å². The largest absolute Gasteiger partial charge is 0.507 e. The summed E-state index contributed by atoms with van der Waals surface area (Å²) in [7, 11) is 1.47. The van der Waals surface area contributed by atoms with Crippen LogP contribution in [0, 0.1) is 10.1 Å². The molecule has 0 radical (unpaired) electrons. The molecule has 1 aliphatic heterocycles. The Morgan fingerprint density at radius 3 is 2.32 bits per heavy atom. The molecule has 1 fully saturated rings. The van der Waals surface area contributed by atoms with Gasteiger partial charge in [-0.3, -0.25) is 19.7 Å². The lowest BCUT2D eigenvalue weighted by molar-refractivity contribution is -0.384. The van der Waals surface area contributed by atoms with Crippen LogP contribution in [0.2, 0.25) is 0 Å². The Balaban J connectivity index is 2.09. The van der Waals surface area contributed by atoms with E-state index >= 15 is 0 Å². The molecule has 2 aromatic carbocycles. The number of likely N-dealkylation sites (tertiary alicyclic amines) is 1. The summed E-state index contributed by atoms with van der Waals surface area (Å²) >= 11 is 0. The third-order valence-electron chi connectivity index (χ3n) is 4.93. The Morgan fingerprint density at radius 1 is 1.13 bits per heavy atom. The molecule has 1 heterocycles. The normalized spacial score (nSPS) is 17.7. The first-order valence-corrected chi connectivity index (χ1v) is 9.64. The van der Waals surface area contributed by atoms with E-state index in [0.717, 1.165) is 0 Å². The number of nitro benzene ring substituents is 1. The fourth-order valence-electron chi connectivity index (χ4n) is 3.46. The second kappa shape index (κ2) is 9.40. The topological polar surface area (TPSA) is 119 Å². The van der Waals surface area contributed by atoms with Crippen LogP contribution in [0.1, 0.15) is 24.1 Å². The van der Waals surface area contributed by atoms with Crippen LogP contribution in [0.15, 0.2) is 54.1 Å². The molecule has 0 aliphatic carbocycles. The number of carbonyl (C=O) groups is 2. The first-order chi connectivity index (χ1) is 14.9. The number of amides is 1. The summed E-state index contributed by atoms with van der Waals surface area (Å²) in [4.78, 5) is 37.3. The van der Waals surface area contributed by atoms with Crippen LogP contribution < -0.4 is 4.74 Å². The maximum atomic E-state index is 12.8. The van der Waals surface area contributed by atoms with Crippen LogP contribution >= 0.6 is 0 Å². The molecule has 1 unspecified atom stereocenters. The number of ketones is 1. The van der Waals surface area contributed by atoms with Crippen molar-refractivity contribution in [3.8, 4) is 5.75 Å². The van der Waals surface area contributed by atoms with E-state index in [2.05, 4.69) is 0 Å². The van der Waals surface area contributed by atoms with Gasteiger partial charge in [0.2, 0.25) is 0 Å². The smallest absolute Gasteiger partial charge is 0.295 e. The molecule has 3 rings (SSSR count). The van der Waals surface area contributed by atoms with Crippen molar-refractivity contribution < 1.29 is 29.1 Å². The number of ether oxygens (including phenoxy) is 2. The van der Waals surface area contributed by atoms with Gasteiger partial charge in [0, 0.05) is 31.4 Å². The zero-order valence-electron chi connectivity index (χ0n) is 17.1. The Hall–Kier alpha value is -3.72. The van der Waals surface area contributed by atoms with Crippen molar-refractivity contribution in [3.05, 3.63) is 75.3 Å². The number of aliphatic hydroxyl groups excluding tert-OH is 1. The average Bonchev–Trinajstić information content (AvgIpc) is 3.02. The predicted octanol–water partition coefficient (Wildman–Crippen LogP) is 3.06. The van der Waals surface area contributed by atoms with Gasteiger partial charge in [-0.1, -0.05) is 0 Å². The Bertz CT molecular complexity index is 1010. The fourth-order valence-corrected chi connectivity index (χ4v) is 3.46. The lowest BCUT2D eigenvalue weighted by Gasteiger charge is -2.25. The number of hydrogen-bond donors (Lipinski definition) is 1. The second-order valence-electron chi connectivity index (χ2n) is 6.79. The minimum absolute atomic E-state index is 0.0842. The molecule has 0 spiro atoms. The molecule has 0 bridgehead atoms. The summed E-state index contributed by atoms with van der Waals surface area (Å²) in [6.07, 6.45) is 0. The third kappa shape index (κ3) is 4.41. The van der Waals surface area contributed by atoms with E-state index in [1.807, 2.05) is 6.92 Å². The number of aliphatic hydroxyl groups is 1. The van der Waals surface area contributed by atoms with E-state index < -0.39 is 22.7 Å². The van der Waals surface area contributed by atoms with Crippen molar-refractivity contribution >= 4 is 23.1 Å². The predicted molar refractivity (Wildman–Crippen MR) is 112 cm³/mol. The quantitative estimate of drug-likeness (QED) is 0.226. The maximum absolute atomic E-state index is 12.8. The summed E-state index contributed by atoms with van der Waals surface area (Å²) in [6, 6.07) is 11.1. The number of non-ortho nitro benzene ring substituents is 1. The molecule has 9 nitrogen and oxygen atoms in total. The van der Waals surface area contributed by atoms with E-state index in [4.69, 9.17) is 9.47 Å². The first-order valence-electron chi connectivity index (χ1n) is 9.64. The van der Waals surface area contributed by atoms with Gasteiger partial charge in [-0.2, -0.15) is 0 Å². The van der Waals surface area contributed by atoms with Crippen LogP contribution in [0.5, 0.6) is 5.75 Å². The average molecular weight is 426 g/mol. The molecule has 0 saturated carbocycles. The SMILES string of the molecule is CCOc1ccc(C(O)=C2C(=O)C(=O)N(CCOC)C2c2ccc([N+](=O)[O-])cc2)cc1. The minimum Gasteiger partial charge on any atom is -0.507 e. The number of carbonyl (C=O) groups excluding carboxylic acids is 2. The van der Waals surface area contributed by atoms with Crippen molar-refractivity contribution in [1.29, 1.82) is 0 Å². The molecule has 1 saturated heterocycles. The highest BCUT2D eigenvalue weighted by Crippen LogP contribution is 2.39. The van der Waals surface area contributed by atoms with Crippen LogP contribution in [0.3, 0.4) is 0 Å². The maximum Gasteiger partial charge on any atom is 0.295 e. The van der Waals surface area contributed by atoms with E-state index in [0.29, 0.717) is 23.5 Å². The molecule has 2 aromatic rings. The molecule has 1 amide bonds. The first kappa shape index (κ1) is 22.0. The number of Topliss-reactive ketones (excluding diaryl/α,β-unsaturated/α-hetero) is 1. The van der Waals surface area contributed by atoms with Gasteiger partial charge in [0.1, 0.15) is 11.5 Å². The molecular weight excluding hydrogens is 404 g/mol. The zero-order valence-corrected chi connectivity index (χ0v) is 17.1. The van der Waals surface area contributed by atoms with Crippen molar-refractivity contribution in [1.82, 2.24) is 4.90 Å². The highest BCUT2D eigenvalue weighted by molar-refractivity contribution is 6.46. The van der Waals surface area contributed by atoms with Crippen molar-refractivity contribution in [2.75, 3.05) is 26.9 Å². The fraction of sp³-hybridized carbons (Fsp3) is 0.273. The summed E-state index contributed by atoms with van der Waals surface area (Å²) < 4.78 is 10.4. The summed E-state index contributed by atoms with van der Waals surface area (Å²) in [5.41, 5.74) is 0.608. The standard InChI is InChI=1S/C22H22N2O7/c1-3-31-17-10-6-15(7-11-17)20(25)18-19(14-4-8-16(9-5-14)24(28)29)23(12-13-30-2)22(27)21(18)26/h4-11,19,25H,3,12-13H2,1-2H3. The summed E-state index contributed by atoms with van der Waals surface area (Å²) in [6.45, 7) is 2.62. The van der Waals surface area contributed by atoms with E-state index in [1.54, 1.807) is 24.3 Å². The van der Waals surface area contributed by atoms with Crippen LogP contribution in [-0.4, -0.2) is 53.5 Å². The molecule has 1 N–H and O–H groups in total. The minimum atomic E-state index is -0.900. The van der Waals surface area contributed by atoms with Gasteiger partial charge in [-0.25, -0.2) is 0 Å². The Kier molecular flexibility index (Phi) is 6.66. The number of nitro groups is 1. The number of nitrogens with zero attached hydrogens (tertiary/aromatic N) is 2. The van der Waals surface area contributed by atoms with Crippen molar-refractivity contribution in [2.24, 2.45) is 0 Å². The third-order valence-corrected chi connectivity index (χ3v) is 4.93. The number of rotatable bonds is 8. The Labute approximate surface area is 178 Å². The van der Waals surface area contributed by atoms with E-state index in [9.17, 15) is 24.8 Å². The molecular formula is C22H22N2O7. The van der Waals surface area contributed by atoms with Gasteiger partial charge in [0.05, 0.1) is 29.8 Å². The van der Waals surface area contributed by atoms with Crippen LogP contribution in [0.4, 0.5) is 5.69 Å². The highest BCUT2D eigenvalue weighted by atomic mass is 16.6. The molecule has 1 aliphatic rings. The zero-order chi connectivity index (χ0) is 22.5. The number of benzene rings is 2. The van der Waals surface area contributed by atoms with Crippen molar-refractivity contribution in [3.63, 3.8) is 0 Å². The van der Waals surface area contributed by atoms with Gasteiger partial charge >= 0.3 is 0 Å². The lowest BCUT2D eigenvalue weighted by Crippen LogP contribution is -2.32. The molecule has 162 valence electrons. The molecule has 1 atom stereocenters. The number of methoxy groups -OCH3 is 1. The van der Waals surface area contributed by atoms with E-state index in [-0.39, 0.29) is 30.2 Å². The summed E-state index contributed by atoms with van der Waals surface area (Å²) in [5, 5.41) is 21.9. The van der Waals surface area contributed by atoms with Gasteiger partial charge in [0.15, 0.2) is 0 Å². The lowest BCUT2D eigenvalue weighted by atomic mass is 9.95. The monoisotopic (exact) mass is 426 g/mol. The summed E-state index contributed by atoms with van der Waals surface area (Å²) in [5.74, 6) is -1.32. The van der Waals surface area contributed by atoms with Gasteiger partial charge in [-0.05, 0) is 48.9 Å². The van der Waals surface area contributed by atoms with Gasteiger partial charge < -0.3 is 19.5 Å².